The molecule has 1 heterocycles. The van der Waals surface area contributed by atoms with E-state index < -0.39 is 5.82 Å². The van der Waals surface area contributed by atoms with Gasteiger partial charge in [-0.2, -0.15) is 0 Å². The molecule has 0 fully saturated rings. The van der Waals surface area contributed by atoms with Gasteiger partial charge in [-0.25, -0.2) is 8.78 Å². The normalized spacial score (nSPS) is 10.8. The van der Waals surface area contributed by atoms with E-state index in [1.54, 1.807) is 16.7 Å². The Labute approximate surface area is 186 Å². The van der Waals surface area contributed by atoms with Crippen LogP contribution in [0.15, 0.2) is 78.0 Å². The maximum atomic E-state index is 13.4. The molecule has 1 N–H and O–H groups in total. The van der Waals surface area contributed by atoms with E-state index in [9.17, 15) is 13.6 Å². The molecule has 1 amide bonds. The largest absolute Gasteiger partial charge is 0.325 e. The molecule has 0 saturated carbocycles. The number of carbonyl (C=O) groups excluding carboxylic acids is 1. The molecule has 3 aromatic carbocycles. The van der Waals surface area contributed by atoms with E-state index in [1.807, 2.05) is 30.3 Å². The molecule has 0 aliphatic heterocycles. The van der Waals surface area contributed by atoms with E-state index in [0.717, 1.165) is 5.56 Å². The Kier molecular flexibility index (Phi) is 6.29. The molecule has 0 bridgehead atoms. The van der Waals surface area contributed by atoms with Gasteiger partial charge in [0.05, 0.1) is 10.8 Å². The van der Waals surface area contributed by atoms with Crippen molar-refractivity contribution in [3.05, 3.63) is 89.5 Å². The van der Waals surface area contributed by atoms with E-state index in [2.05, 4.69) is 15.5 Å². The summed E-state index contributed by atoms with van der Waals surface area (Å²) in [6.07, 6.45) is 0. The van der Waals surface area contributed by atoms with Gasteiger partial charge in [0.2, 0.25) is 5.91 Å². The molecule has 5 nitrogen and oxygen atoms in total. The molecule has 0 radical (unpaired) electrons. The molecule has 1 aromatic heterocycles. The third-order valence-corrected chi connectivity index (χ3v) is 5.50. The van der Waals surface area contributed by atoms with Crippen molar-refractivity contribution in [1.29, 1.82) is 0 Å². The minimum Gasteiger partial charge on any atom is -0.325 e. The standard InChI is InChI=1S/C22H15ClF2N4OS/c23-18-12-16(8-11-19(18)25)26-20(30)13-31-22-28-27-21(14-4-2-1-3-5-14)29(22)17-9-6-15(24)7-10-17/h1-12H,13H2,(H,26,30). The molecule has 0 unspecified atom stereocenters. The van der Waals surface area contributed by atoms with Crippen LogP contribution in [0.2, 0.25) is 5.02 Å². The number of hydrogen-bond acceptors (Lipinski definition) is 4. The highest BCUT2D eigenvalue weighted by Gasteiger charge is 2.17. The summed E-state index contributed by atoms with van der Waals surface area (Å²) in [5, 5.41) is 11.6. The molecule has 9 heteroatoms. The third-order valence-electron chi connectivity index (χ3n) is 4.29. The fourth-order valence-corrected chi connectivity index (χ4v) is 3.79. The molecule has 0 saturated heterocycles. The fourth-order valence-electron chi connectivity index (χ4n) is 2.86. The lowest BCUT2D eigenvalue weighted by Crippen LogP contribution is -2.14. The van der Waals surface area contributed by atoms with E-state index in [0.29, 0.717) is 22.4 Å². The van der Waals surface area contributed by atoms with Gasteiger partial charge < -0.3 is 5.32 Å². The summed E-state index contributed by atoms with van der Waals surface area (Å²) < 4.78 is 28.5. The van der Waals surface area contributed by atoms with Gasteiger partial charge in [-0.3, -0.25) is 9.36 Å². The smallest absolute Gasteiger partial charge is 0.234 e. The van der Waals surface area contributed by atoms with Gasteiger partial charge in [0.25, 0.3) is 0 Å². The number of halogens is 3. The van der Waals surface area contributed by atoms with Gasteiger partial charge in [0, 0.05) is 16.9 Å². The molecule has 4 aromatic rings. The third kappa shape index (κ3) is 4.92. The lowest BCUT2D eigenvalue weighted by molar-refractivity contribution is -0.113. The quantitative estimate of drug-likeness (QED) is 0.384. The zero-order chi connectivity index (χ0) is 21.8. The summed E-state index contributed by atoms with van der Waals surface area (Å²) >= 11 is 6.92. The lowest BCUT2D eigenvalue weighted by atomic mass is 10.2. The second kappa shape index (κ2) is 9.28. The first-order chi connectivity index (χ1) is 15.0. The Balaban J connectivity index is 1.57. The van der Waals surface area contributed by atoms with Crippen LogP contribution in [0.3, 0.4) is 0 Å². The number of nitrogens with one attached hydrogen (secondary N) is 1. The van der Waals surface area contributed by atoms with Gasteiger partial charge in [0.1, 0.15) is 11.6 Å². The number of thioether (sulfide) groups is 1. The van der Waals surface area contributed by atoms with Gasteiger partial charge in [-0.1, -0.05) is 53.7 Å². The van der Waals surface area contributed by atoms with E-state index >= 15 is 0 Å². The maximum absolute atomic E-state index is 13.4. The monoisotopic (exact) mass is 456 g/mol. The first-order valence-corrected chi connectivity index (χ1v) is 10.5. The highest BCUT2D eigenvalue weighted by atomic mass is 35.5. The minimum atomic E-state index is -0.560. The first kappa shape index (κ1) is 21.0. The number of carbonyl (C=O) groups is 1. The molecule has 4 rings (SSSR count). The number of nitrogens with zero attached hydrogens (tertiary/aromatic N) is 3. The molecule has 31 heavy (non-hydrogen) atoms. The lowest BCUT2D eigenvalue weighted by Gasteiger charge is -2.11. The van der Waals surface area contributed by atoms with Crippen LogP contribution in [-0.2, 0) is 4.79 Å². The van der Waals surface area contributed by atoms with Gasteiger partial charge >= 0.3 is 0 Å². The molecular formula is C22H15ClF2N4OS. The van der Waals surface area contributed by atoms with Gasteiger partial charge in [0.15, 0.2) is 11.0 Å². The van der Waals surface area contributed by atoms with Crippen LogP contribution in [0.25, 0.3) is 17.1 Å². The van der Waals surface area contributed by atoms with Crippen LogP contribution < -0.4 is 5.32 Å². The van der Waals surface area contributed by atoms with Gasteiger partial charge in [-0.15, -0.1) is 10.2 Å². The summed E-state index contributed by atoms with van der Waals surface area (Å²) in [6, 6.07) is 19.3. The van der Waals surface area contributed by atoms with Crippen LogP contribution in [0.4, 0.5) is 14.5 Å². The van der Waals surface area contributed by atoms with Gasteiger partial charge in [-0.05, 0) is 42.5 Å². The maximum Gasteiger partial charge on any atom is 0.234 e. The fraction of sp³-hybridized carbons (Fsp3) is 0.0455. The second-order valence-corrected chi connectivity index (χ2v) is 7.80. The van der Waals surface area contributed by atoms with Crippen molar-refractivity contribution in [1.82, 2.24) is 14.8 Å². The zero-order valence-electron chi connectivity index (χ0n) is 15.9. The predicted molar refractivity (Wildman–Crippen MR) is 118 cm³/mol. The molecule has 0 spiro atoms. The van der Waals surface area contributed by atoms with Crippen LogP contribution in [-0.4, -0.2) is 26.4 Å². The Bertz CT molecular complexity index is 1220. The van der Waals surface area contributed by atoms with Crippen molar-refractivity contribution in [3.8, 4) is 17.1 Å². The van der Waals surface area contributed by atoms with E-state index in [4.69, 9.17) is 11.6 Å². The van der Waals surface area contributed by atoms with Crippen LogP contribution in [0.1, 0.15) is 0 Å². The highest BCUT2D eigenvalue weighted by molar-refractivity contribution is 7.99. The summed E-state index contributed by atoms with van der Waals surface area (Å²) in [5.41, 5.74) is 1.89. The number of amides is 1. The van der Waals surface area contributed by atoms with E-state index in [1.165, 1.54) is 42.1 Å². The van der Waals surface area contributed by atoms with Crippen molar-refractivity contribution in [2.75, 3.05) is 11.1 Å². The van der Waals surface area contributed by atoms with Crippen molar-refractivity contribution in [2.45, 2.75) is 5.16 Å². The Morgan fingerprint density at radius 2 is 1.74 bits per heavy atom. The summed E-state index contributed by atoms with van der Waals surface area (Å²) in [5.74, 6) is -0.633. The first-order valence-electron chi connectivity index (χ1n) is 9.16. The topological polar surface area (TPSA) is 59.8 Å². The molecule has 0 atom stereocenters. The molecule has 156 valence electrons. The number of aromatic nitrogens is 3. The second-order valence-electron chi connectivity index (χ2n) is 6.45. The molecular weight excluding hydrogens is 442 g/mol. The number of anilines is 1. The molecule has 0 aliphatic carbocycles. The minimum absolute atomic E-state index is 0.0309. The summed E-state index contributed by atoms with van der Waals surface area (Å²) in [4.78, 5) is 12.4. The predicted octanol–water partition coefficient (Wildman–Crippen LogP) is 5.60. The Morgan fingerprint density at radius 1 is 1.00 bits per heavy atom. The number of rotatable bonds is 6. The SMILES string of the molecule is O=C(CSc1nnc(-c2ccccc2)n1-c1ccc(F)cc1)Nc1ccc(F)c(Cl)c1. The number of hydrogen-bond donors (Lipinski definition) is 1. The summed E-state index contributed by atoms with van der Waals surface area (Å²) in [6.45, 7) is 0. The van der Waals surface area contributed by atoms with Crippen LogP contribution in [0.5, 0.6) is 0 Å². The molecule has 0 aliphatic rings. The van der Waals surface area contributed by atoms with Crippen molar-refractivity contribution in [3.63, 3.8) is 0 Å². The summed E-state index contributed by atoms with van der Waals surface area (Å²) in [7, 11) is 0. The highest BCUT2D eigenvalue weighted by Crippen LogP contribution is 2.28. The number of benzene rings is 3. The van der Waals surface area contributed by atoms with Crippen LogP contribution >= 0.6 is 23.4 Å². The van der Waals surface area contributed by atoms with Crippen molar-refractivity contribution in [2.24, 2.45) is 0 Å². The van der Waals surface area contributed by atoms with Crippen molar-refractivity contribution >= 4 is 35.0 Å². The van der Waals surface area contributed by atoms with Crippen LogP contribution in [0, 0.1) is 11.6 Å². The van der Waals surface area contributed by atoms with E-state index in [-0.39, 0.29) is 22.5 Å². The van der Waals surface area contributed by atoms with Crippen molar-refractivity contribution < 1.29 is 13.6 Å². The average molecular weight is 457 g/mol. The Morgan fingerprint density at radius 3 is 2.45 bits per heavy atom. The Hall–Kier alpha value is -3.23. The average Bonchev–Trinajstić information content (AvgIpc) is 3.20. The zero-order valence-corrected chi connectivity index (χ0v) is 17.5.